The van der Waals surface area contributed by atoms with Gasteiger partial charge in [0, 0.05) is 16.6 Å². The van der Waals surface area contributed by atoms with E-state index >= 15 is 0 Å². The van der Waals surface area contributed by atoms with E-state index in [1.165, 1.54) is 17.8 Å². The van der Waals surface area contributed by atoms with Gasteiger partial charge in [-0.2, -0.15) is 0 Å². The zero-order valence-corrected chi connectivity index (χ0v) is 15.6. The molecule has 1 heterocycles. The molecule has 2 aromatic carbocycles. The Morgan fingerprint density at radius 2 is 1.56 bits per heavy atom. The van der Waals surface area contributed by atoms with E-state index in [-0.39, 0.29) is 16.2 Å². The minimum atomic E-state index is -0.268. The van der Waals surface area contributed by atoms with Crippen LogP contribution in [0, 0.1) is 0 Å². The minimum absolute atomic E-state index is 0.268. The molecule has 0 aliphatic rings. The Kier molecular flexibility index (Phi) is 5.81. The Balaban J connectivity index is 1.70. The molecule has 0 fully saturated rings. The lowest BCUT2D eigenvalue weighted by Gasteiger charge is -2.07. The first-order chi connectivity index (χ1) is 12.0. The van der Waals surface area contributed by atoms with Gasteiger partial charge in [0.15, 0.2) is 5.16 Å². The highest BCUT2D eigenvalue weighted by Gasteiger charge is 2.10. The van der Waals surface area contributed by atoms with Gasteiger partial charge in [0.2, 0.25) is 0 Å². The molecule has 0 aliphatic heterocycles. The average molecular weight is 411 g/mol. The van der Waals surface area contributed by atoms with Gasteiger partial charge in [-0.15, -0.1) is 0 Å². The summed E-state index contributed by atoms with van der Waals surface area (Å²) in [6.45, 7) is 0. The Hall–Kier alpha value is -1.79. The van der Waals surface area contributed by atoms with Crippen LogP contribution in [-0.2, 0) is 0 Å². The summed E-state index contributed by atoms with van der Waals surface area (Å²) in [6, 6.07) is 15.6. The topological polar surface area (TPSA) is 54.9 Å². The number of hydrogen-bond donors (Lipinski definition) is 1. The normalized spacial score (nSPS) is 10.5. The standard InChI is InChI=1S/C17H10Cl3N3OS/c18-13-4-2-1-3-12(13)16(24)21-10-5-7-11(8-6-10)25-17-22-14(19)9-15(20)23-17/h1-9H,(H,21,24). The molecule has 25 heavy (non-hydrogen) atoms. The highest BCUT2D eigenvalue weighted by Crippen LogP contribution is 2.28. The molecule has 126 valence electrons. The van der Waals surface area contributed by atoms with E-state index in [2.05, 4.69) is 15.3 Å². The summed E-state index contributed by atoms with van der Waals surface area (Å²) in [6.07, 6.45) is 0. The van der Waals surface area contributed by atoms with Gasteiger partial charge in [-0.1, -0.05) is 46.9 Å². The van der Waals surface area contributed by atoms with Crippen LogP contribution in [0.3, 0.4) is 0 Å². The summed E-state index contributed by atoms with van der Waals surface area (Å²) in [5.74, 6) is -0.268. The molecule has 3 rings (SSSR count). The second kappa shape index (κ2) is 8.06. The van der Waals surface area contributed by atoms with Crippen LogP contribution in [0.2, 0.25) is 15.3 Å². The monoisotopic (exact) mass is 409 g/mol. The third-order valence-corrected chi connectivity index (χ3v) is 4.67. The fraction of sp³-hybridized carbons (Fsp3) is 0. The number of nitrogens with one attached hydrogen (secondary N) is 1. The lowest BCUT2D eigenvalue weighted by Crippen LogP contribution is -2.12. The number of rotatable bonds is 4. The van der Waals surface area contributed by atoms with Gasteiger partial charge in [-0.25, -0.2) is 9.97 Å². The van der Waals surface area contributed by atoms with Gasteiger partial charge in [-0.05, 0) is 48.2 Å². The first kappa shape index (κ1) is 18.0. The van der Waals surface area contributed by atoms with Crippen molar-refractivity contribution in [2.75, 3.05) is 5.32 Å². The maximum atomic E-state index is 12.2. The Labute approximate surface area is 163 Å². The summed E-state index contributed by atoms with van der Waals surface area (Å²) in [5.41, 5.74) is 1.07. The molecule has 1 N–H and O–H groups in total. The van der Waals surface area contributed by atoms with E-state index in [1.54, 1.807) is 36.4 Å². The molecule has 0 bridgehead atoms. The number of carbonyl (C=O) groups is 1. The van der Waals surface area contributed by atoms with Crippen molar-refractivity contribution in [3.8, 4) is 0 Å². The number of anilines is 1. The van der Waals surface area contributed by atoms with Gasteiger partial charge in [-0.3, -0.25) is 4.79 Å². The van der Waals surface area contributed by atoms with Crippen LogP contribution in [0.15, 0.2) is 64.6 Å². The van der Waals surface area contributed by atoms with Crippen LogP contribution < -0.4 is 5.32 Å². The molecule has 0 saturated heterocycles. The molecule has 0 radical (unpaired) electrons. The number of hydrogen-bond acceptors (Lipinski definition) is 4. The zero-order valence-electron chi connectivity index (χ0n) is 12.5. The van der Waals surface area contributed by atoms with Crippen molar-refractivity contribution in [2.45, 2.75) is 10.1 Å². The average Bonchev–Trinajstić information content (AvgIpc) is 2.56. The summed E-state index contributed by atoms with van der Waals surface area (Å²) in [7, 11) is 0. The van der Waals surface area contributed by atoms with Crippen molar-refractivity contribution < 1.29 is 4.79 Å². The molecule has 0 spiro atoms. The van der Waals surface area contributed by atoms with Crippen LogP contribution in [0.5, 0.6) is 0 Å². The van der Waals surface area contributed by atoms with Crippen molar-refractivity contribution in [3.05, 3.63) is 75.5 Å². The molecular weight excluding hydrogens is 401 g/mol. The van der Waals surface area contributed by atoms with Crippen LogP contribution in [0.1, 0.15) is 10.4 Å². The van der Waals surface area contributed by atoms with Gasteiger partial charge in [0.25, 0.3) is 5.91 Å². The van der Waals surface area contributed by atoms with Gasteiger partial charge in [0.1, 0.15) is 10.3 Å². The highest BCUT2D eigenvalue weighted by atomic mass is 35.5. The van der Waals surface area contributed by atoms with Crippen molar-refractivity contribution in [1.82, 2.24) is 9.97 Å². The molecule has 0 unspecified atom stereocenters. The second-order valence-electron chi connectivity index (χ2n) is 4.86. The number of aromatic nitrogens is 2. The quantitative estimate of drug-likeness (QED) is 0.433. The Bertz CT molecular complexity index is 899. The molecule has 1 aromatic heterocycles. The predicted octanol–water partition coefficient (Wildman–Crippen LogP) is 5.84. The second-order valence-corrected chi connectivity index (χ2v) is 7.08. The molecule has 8 heteroatoms. The Morgan fingerprint density at radius 3 is 2.20 bits per heavy atom. The first-order valence-electron chi connectivity index (χ1n) is 7.05. The van der Waals surface area contributed by atoms with E-state index in [1.807, 2.05) is 12.1 Å². The zero-order chi connectivity index (χ0) is 17.8. The summed E-state index contributed by atoms with van der Waals surface area (Å²) < 4.78 is 0. The van der Waals surface area contributed by atoms with Gasteiger partial charge < -0.3 is 5.32 Å². The molecule has 0 atom stereocenters. The Morgan fingerprint density at radius 1 is 0.920 bits per heavy atom. The van der Waals surface area contributed by atoms with Crippen LogP contribution in [0.25, 0.3) is 0 Å². The van der Waals surface area contributed by atoms with E-state index in [0.29, 0.717) is 21.4 Å². The number of benzene rings is 2. The van der Waals surface area contributed by atoms with E-state index in [0.717, 1.165) is 4.90 Å². The summed E-state index contributed by atoms with van der Waals surface area (Å²) >= 11 is 19.1. The molecular formula is C17H10Cl3N3OS. The van der Waals surface area contributed by atoms with Crippen molar-refractivity contribution in [3.63, 3.8) is 0 Å². The fourth-order valence-electron chi connectivity index (χ4n) is 1.97. The van der Waals surface area contributed by atoms with Crippen molar-refractivity contribution in [1.29, 1.82) is 0 Å². The van der Waals surface area contributed by atoms with Crippen molar-refractivity contribution in [2.24, 2.45) is 0 Å². The number of halogens is 3. The number of nitrogens with zero attached hydrogens (tertiary/aromatic N) is 2. The largest absolute Gasteiger partial charge is 0.322 e. The van der Waals surface area contributed by atoms with Crippen LogP contribution in [0.4, 0.5) is 5.69 Å². The third kappa shape index (κ3) is 4.86. The SMILES string of the molecule is O=C(Nc1ccc(Sc2nc(Cl)cc(Cl)n2)cc1)c1ccccc1Cl. The minimum Gasteiger partial charge on any atom is -0.322 e. The number of carbonyl (C=O) groups excluding carboxylic acids is 1. The molecule has 4 nitrogen and oxygen atoms in total. The van der Waals surface area contributed by atoms with Gasteiger partial charge in [0.05, 0.1) is 10.6 Å². The lowest BCUT2D eigenvalue weighted by atomic mass is 10.2. The van der Waals surface area contributed by atoms with Gasteiger partial charge >= 0.3 is 0 Å². The molecule has 0 aliphatic carbocycles. The van der Waals surface area contributed by atoms with Crippen molar-refractivity contribution >= 4 is 58.2 Å². The third-order valence-electron chi connectivity index (χ3n) is 3.08. The van der Waals surface area contributed by atoms with E-state index in [4.69, 9.17) is 34.8 Å². The molecule has 1 amide bonds. The molecule has 0 saturated carbocycles. The summed E-state index contributed by atoms with van der Waals surface area (Å²) in [4.78, 5) is 21.3. The maximum absolute atomic E-state index is 12.2. The lowest BCUT2D eigenvalue weighted by molar-refractivity contribution is 0.102. The van der Waals surface area contributed by atoms with Crippen LogP contribution >= 0.6 is 46.6 Å². The first-order valence-corrected chi connectivity index (χ1v) is 9.00. The smallest absolute Gasteiger partial charge is 0.257 e. The van der Waals surface area contributed by atoms with E-state index in [9.17, 15) is 4.79 Å². The fourth-order valence-corrected chi connectivity index (χ4v) is 3.49. The highest BCUT2D eigenvalue weighted by molar-refractivity contribution is 7.99. The number of amides is 1. The van der Waals surface area contributed by atoms with Crippen LogP contribution in [-0.4, -0.2) is 15.9 Å². The molecule has 3 aromatic rings. The predicted molar refractivity (Wildman–Crippen MR) is 102 cm³/mol. The maximum Gasteiger partial charge on any atom is 0.257 e. The summed E-state index contributed by atoms with van der Waals surface area (Å²) in [5, 5.41) is 4.22. The van der Waals surface area contributed by atoms with E-state index < -0.39 is 0 Å².